The van der Waals surface area contributed by atoms with Crippen molar-refractivity contribution < 1.29 is 13.9 Å². The fourth-order valence-electron chi connectivity index (χ4n) is 5.30. The molecule has 1 aliphatic heterocycles. The maximum Gasteiger partial charge on any atom is 0.293 e. The number of aryl methyl sites for hydroxylation is 1. The minimum atomic E-state index is -1.36. The summed E-state index contributed by atoms with van der Waals surface area (Å²) in [6, 6.07) is 6.74. The van der Waals surface area contributed by atoms with Gasteiger partial charge in [0.1, 0.15) is 10.7 Å². The molecule has 3 aromatic rings. The van der Waals surface area contributed by atoms with Gasteiger partial charge in [-0.3, -0.25) is 9.59 Å². The quantitative estimate of drug-likeness (QED) is 0.442. The van der Waals surface area contributed by atoms with Gasteiger partial charge in [0, 0.05) is 48.6 Å². The Kier molecular flexibility index (Phi) is 6.03. The Morgan fingerprint density at radius 2 is 2.11 bits per heavy atom. The molecule has 5 N–H and O–H groups in total. The van der Waals surface area contributed by atoms with E-state index < -0.39 is 23.6 Å². The van der Waals surface area contributed by atoms with E-state index in [0.29, 0.717) is 52.9 Å². The van der Waals surface area contributed by atoms with Gasteiger partial charge in [-0.1, -0.05) is 18.5 Å². The maximum atomic E-state index is 15.5. The lowest BCUT2D eigenvalue weighted by atomic mass is 9.74. The van der Waals surface area contributed by atoms with Crippen LogP contribution in [0.3, 0.4) is 0 Å². The van der Waals surface area contributed by atoms with Gasteiger partial charge in [0.15, 0.2) is 18.2 Å². The van der Waals surface area contributed by atoms with E-state index in [1.807, 2.05) is 11.8 Å². The van der Waals surface area contributed by atoms with Crippen molar-refractivity contribution in [2.45, 2.75) is 32.0 Å². The van der Waals surface area contributed by atoms with E-state index in [4.69, 9.17) is 27.8 Å². The van der Waals surface area contributed by atoms with Crippen LogP contribution in [0.4, 0.5) is 21.8 Å². The van der Waals surface area contributed by atoms with Crippen LogP contribution in [-0.2, 0) is 11.8 Å². The summed E-state index contributed by atoms with van der Waals surface area (Å²) in [5.74, 6) is -0.0849. The van der Waals surface area contributed by atoms with Crippen LogP contribution in [0.5, 0.6) is 5.75 Å². The smallest absolute Gasteiger partial charge is 0.293 e. The first-order chi connectivity index (χ1) is 17.4. The molecule has 1 amide bonds. The van der Waals surface area contributed by atoms with Crippen molar-refractivity contribution in [3.05, 3.63) is 45.8 Å². The molecule has 1 aliphatic carbocycles. The van der Waals surface area contributed by atoms with E-state index in [1.54, 1.807) is 38.2 Å². The summed E-state index contributed by atoms with van der Waals surface area (Å²) < 4.78 is 22.3. The molecule has 5 rings (SSSR count). The summed E-state index contributed by atoms with van der Waals surface area (Å²) in [4.78, 5) is 34.7. The topological polar surface area (TPSA) is 141 Å². The average molecular weight is 530 g/mol. The Balaban J connectivity index is 1.43. The minimum Gasteiger partial charge on any atom is -0.478 e. The molecule has 10 nitrogen and oxygen atoms in total. The van der Waals surface area contributed by atoms with Gasteiger partial charge in [0.2, 0.25) is 5.95 Å². The average Bonchev–Trinajstić information content (AvgIpc) is 3.50. The normalized spacial score (nSPS) is 26.9. The van der Waals surface area contributed by atoms with Crippen molar-refractivity contribution in [1.82, 2.24) is 14.5 Å². The predicted octanol–water partition coefficient (Wildman–Crippen LogP) is 2.49. The number of benzene rings is 1. The molecule has 4 atom stereocenters. The van der Waals surface area contributed by atoms with Crippen LogP contribution in [0.15, 0.2) is 35.3 Å². The van der Waals surface area contributed by atoms with Gasteiger partial charge in [0.25, 0.3) is 11.5 Å². The summed E-state index contributed by atoms with van der Waals surface area (Å²) in [6.07, 6.45) is 2.14. The molecule has 2 fully saturated rings. The number of carbonyl (C=O) groups excluding carboxylic acids is 1. The molecule has 4 unspecified atom stereocenters. The Morgan fingerprint density at radius 1 is 1.38 bits per heavy atom. The Morgan fingerprint density at radius 3 is 2.78 bits per heavy atom. The molecule has 0 radical (unpaired) electrons. The summed E-state index contributed by atoms with van der Waals surface area (Å²) in [5.41, 5.74) is 10.3. The molecule has 196 valence electrons. The fraction of sp³-hybridized carbons (Fsp3) is 0.440. The number of nitrogens with two attached hydrogens (primary N) is 2. The van der Waals surface area contributed by atoms with Gasteiger partial charge >= 0.3 is 0 Å². The number of carbonyl (C=O) groups is 1. The lowest BCUT2D eigenvalue weighted by Crippen LogP contribution is -2.57. The van der Waals surface area contributed by atoms with Crippen LogP contribution in [0.25, 0.3) is 10.9 Å². The molecule has 2 aliphatic rings. The van der Waals surface area contributed by atoms with E-state index >= 15 is 4.39 Å². The first-order valence-corrected chi connectivity index (χ1v) is 12.3. The highest BCUT2D eigenvalue weighted by Gasteiger charge is 2.68. The maximum absolute atomic E-state index is 15.5. The second kappa shape index (κ2) is 8.84. The van der Waals surface area contributed by atoms with E-state index in [1.165, 1.54) is 10.8 Å². The van der Waals surface area contributed by atoms with Crippen molar-refractivity contribution in [1.29, 1.82) is 0 Å². The highest BCUT2D eigenvalue weighted by molar-refractivity contribution is 6.32. The summed E-state index contributed by atoms with van der Waals surface area (Å²) in [7, 11) is 1.61. The molecule has 0 bridgehead atoms. The molecule has 1 spiro atoms. The third kappa shape index (κ3) is 4.25. The van der Waals surface area contributed by atoms with Gasteiger partial charge in [-0.15, -0.1) is 0 Å². The summed E-state index contributed by atoms with van der Waals surface area (Å²) in [5, 5.41) is 4.21. The molecule has 37 heavy (non-hydrogen) atoms. The number of alkyl halides is 1. The highest BCUT2D eigenvalue weighted by Crippen LogP contribution is 2.60. The largest absolute Gasteiger partial charge is 0.478 e. The molecule has 12 heteroatoms. The summed E-state index contributed by atoms with van der Waals surface area (Å²) in [6.45, 7) is 4.03. The lowest BCUT2D eigenvalue weighted by Gasteiger charge is -2.46. The minimum absolute atomic E-state index is 0.0135. The second-order valence-corrected chi connectivity index (χ2v) is 10.6. The molecular weight excluding hydrogens is 501 g/mol. The first kappa shape index (κ1) is 25.2. The van der Waals surface area contributed by atoms with Crippen molar-refractivity contribution in [2.75, 3.05) is 29.9 Å². The number of halogens is 2. The zero-order valence-electron chi connectivity index (χ0n) is 20.8. The van der Waals surface area contributed by atoms with Crippen molar-refractivity contribution >= 4 is 45.9 Å². The van der Waals surface area contributed by atoms with E-state index in [2.05, 4.69) is 15.3 Å². The zero-order valence-corrected chi connectivity index (χ0v) is 21.6. The SMILES string of the molecule is CC1CN(c2ncc(Cl)c(Nc3ccc4c(c3)cc(OCC(N)=O)c(=O)n4C)n2)CC2(CC2N)C1(C)F. The third-order valence-electron chi connectivity index (χ3n) is 7.84. The van der Waals surface area contributed by atoms with Crippen LogP contribution in [-0.4, -0.2) is 51.8 Å². The Hall–Kier alpha value is -3.44. The number of nitrogens with zero attached hydrogens (tertiary/aromatic N) is 4. The molecular formula is C25H29ClFN7O3. The molecule has 3 heterocycles. The van der Waals surface area contributed by atoms with Crippen LogP contribution in [0.2, 0.25) is 5.02 Å². The molecule has 1 saturated carbocycles. The predicted molar refractivity (Wildman–Crippen MR) is 140 cm³/mol. The number of pyridine rings is 1. The third-order valence-corrected chi connectivity index (χ3v) is 8.11. The van der Waals surface area contributed by atoms with Crippen LogP contribution >= 0.6 is 11.6 Å². The number of hydrogen-bond acceptors (Lipinski definition) is 8. The highest BCUT2D eigenvalue weighted by atomic mass is 35.5. The van der Waals surface area contributed by atoms with E-state index in [0.717, 1.165) is 0 Å². The number of aromatic nitrogens is 3. The van der Waals surface area contributed by atoms with Gasteiger partial charge in [-0.2, -0.15) is 4.98 Å². The number of anilines is 3. The number of nitrogens with one attached hydrogen (secondary N) is 1. The Bertz CT molecular complexity index is 1460. The van der Waals surface area contributed by atoms with E-state index in [9.17, 15) is 9.59 Å². The van der Waals surface area contributed by atoms with Gasteiger partial charge in [-0.25, -0.2) is 9.37 Å². The van der Waals surface area contributed by atoms with Crippen LogP contribution < -0.4 is 32.0 Å². The number of ether oxygens (including phenoxy) is 1. The fourth-order valence-corrected chi connectivity index (χ4v) is 5.44. The zero-order chi connectivity index (χ0) is 26.7. The molecule has 1 aromatic carbocycles. The number of hydrogen-bond donors (Lipinski definition) is 3. The van der Waals surface area contributed by atoms with Crippen molar-refractivity contribution in [3.63, 3.8) is 0 Å². The number of piperidine rings is 1. The monoisotopic (exact) mass is 529 g/mol. The van der Waals surface area contributed by atoms with Gasteiger partial charge < -0.3 is 31.0 Å². The number of primary amides is 1. The Labute approximate surface area is 217 Å². The van der Waals surface area contributed by atoms with Crippen LogP contribution in [0, 0.1) is 11.3 Å². The number of fused-ring (bicyclic) bond motifs is 1. The van der Waals surface area contributed by atoms with Crippen molar-refractivity contribution in [3.8, 4) is 5.75 Å². The van der Waals surface area contributed by atoms with Crippen molar-refractivity contribution in [2.24, 2.45) is 29.8 Å². The standard InChI is InChI=1S/C25H29ClFN7O3/c1-13-10-34(12-25(8-19(25)28)24(13,2)27)23-30-9-16(26)21(32-23)31-15-4-5-17-14(6-15)7-18(22(36)33(17)3)37-11-20(29)35/h4-7,9,13,19H,8,10-12,28H2,1-3H3,(H2,29,35)(H,30,31,32). The molecule has 1 saturated heterocycles. The van der Waals surface area contributed by atoms with Crippen LogP contribution in [0.1, 0.15) is 20.3 Å². The van der Waals surface area contributed by atoms with E-state index in [-0.39, 0.29) is 23.3 Å². The number of rotatable bonds is 6. The van der Waals surface area contributed by atoms with Gasteiger partial charge in [-0.05, 0) is 37.6 Å². The lowest BCUT2D eigenvalue weighted by molar-refractivity contribution is -0.119. The first-order valence-electron chi connectivity index (χ1n) is 12.0. The van der Waals surface area contributed by atoms with Gasteiger partial charge in [0.05, 0.1) is 11.7 Å². The molecule has 2 aromatic heterocycles. The second-order valence-electron chi connectivity index (χ2n) is 10.2. The number of amides is 1. The summed E-state index contributed by atoms with van der Waals surface area (Å²) >= 11 is 6.42.